The summed E-state index contributed by atoms with van der Waals surface area (Å²) in [4.78, 5) is 22.2. The SMILES string of the molecule is COP(=O)(OC(=O)c1ccc([N+](=O)[O-])cc1)/C(=N\O)c1ccccc1. The highest BCUT2D eigenvalue weighted by Crippen LogP contribution is 2.51. The van der Waals surface area contributed by atoms with Crippen LogP contribution in [0.1, 0.15) is 15.9 Å². The highest BCUT2D eigenvalue weighted by molar-refractivity contribution is 7.73. The molecule has 2 aromatic carbocycles. The van der Waals surface area contributed by atoms with Crippen molar-refractivity contribution >= 4 is 24.7 Å². The lowest BCUT2D eigenvalue weighted by Crippen LogP contribution is -2.12. The summed E-state index contributed by atoms with van der Waals surface area (Å²) < 4.78 is 22.5. The van der Waals surface area contributed by atoms with Crippen LogP contribution in [0.2, 0.25) is 0 Å². The molecule has 1 unspecified atom stereocenters. The topological polar surface area (TPSA) is 128 Å². The van der Waals surface area contributed by atoms with E-state index in [0.29, 0.717) is 0 Å². The molecule has 0 aromatic heterocycles. The lowest BCUT2D eigenvalue weighted by Gasteiger charge is -2.17. The van der Waals surface area contributed by atoms with E-state index in [1.54, 1.807) is 18.2 Å². The first-order valence-electron chi connectivity index (χ1n) is 6.83. The molecule has 1 N–H and O–H groups in total. The summed E-state index contributed by atoms with van der Waals surface area (Å²) >= 11 is 0. The fraction of sp³-hybridized carbons (Fsp3) is 0.0667. The summed E-state index contributed by atoms with van der Waals surface area (Å²) in [6, 6.07) is 12.4. The summed E-state index contributed by atoms with van der Waals surface area (Å²) in [6.07, 6.45) is 0. The van der Waals surface area contributed by atoms with Gasteiger partial charge >= 0.3 is 13.6 Å². The van der Waals surface area contributed by atoms with Gasteiger partial charge in [0.2, 0.25) is 5.45 Å². The van der Waals surface area contributed by atoms with Gasteiger partial charge in [0.15, 0.2) is 0 Å². The van der Waals surface area contributed by atoms with Crippen LogP contribution in [0.15, 0.2) is 59.8 Å². The second-order valence-corrected chi connectivity index (χ2v) is 6.62. The Morgan fingerprint density at radius 3 is 2.20 bits per heavy atom. The summed E-state index contributed by atoms with van der Waals surface area (Å²) in [6.45, 7) is 0. The van der Waals surface area contributed by atoms with Crippen LogP contribution in [0.3, 0.4) is 0 Å². The Morgan fingerprint density at radius 2 is 1.72 bits per heavy atom. The molecule has 0 spiro atoms. The van der Waals surface area contributed by atoms with Gasteiger partial charge in [0.25, 0.3) is 5.69 Å². The molecule has 25 heavy (non-hydrogen) atoms. The van der Waals surface area contributed by atoms with Crippen molar-refractivity contribution in [2.24, 2.45) is 5.16 Å². The van der Waals surface area contributed by atoms with Crippen LogP contribution in [0.25, 0.3) is 0 Å². The van der Waals surface area contributed by atoms with Gasteiger partial charge in [-0.05, 0) is 12.1 Å². The zero-order valence-electron chi connectivity index (χ0n) is 12.9. The second kappa shape index (κ2) is 7.69. The lowest BCUT2D eigenvalue weighted by molar-refractivity contribution is -0.384. The van der Waals surface area contributed by atoms with Crippen molar-refractivity contribution in [3.8, 4) is 0 Å². The molecule has 0 bridgehead atoms. The minimum absolute atomic E-state index is 0.0757. The van der Waals surface area contributed by atoms with Gasteiger partial charge in [0, 0.05) is 24.8 Å². The maximum atomic E-state index is 12.8. The first-order valence-corrected chi connectivity index (χ1v) is 8.37. The lowest BCUT2D eigenvalue weighted by atomic mass is 10.2. The Kier molecular flexibility index (Phi) is 5.63. The number of nitro groups is 1. The van der Waals surface area contributed by atoms with Crippen LogP contribution in [-0.4, -0.2) is 28.7 Å². The standard InChI is InChI=1S/C15H13N2O7P/c1-23-25(22,14(16-19)11-5-3-2-4-6-11)24-15(18)12-7-9-13(10-8-12)17(20)21/h2-10,19H,1H3/b16-14-. The molecule has 0 amide bonds. The predicted octanol–water partition coefficient (Wildman–Crippen LogP) is 3.43. The first kappa shape index (κ1) is 18.3. The van der Waals surface area contributed by atoms with Crippen LogP contribution in [0.4, 0.5) is 5.69 Å². The zero-order valence-corrected chi connectivity index (χ0v) is 13.8. The molecular formula is C15H13N2O7P. The maximum Gasteiger partial charge on any atom is 0.435 e. The molecule has 0 saturated heterocycles. The van der Waals surface area contributed by atoms with Crippen LogP contribution in [0, 0.1) is 10.1 Å². The molecule has 0 aliphatic rings. The quantitative estimate of drug-likeness (QED) is 0.273. The first-order chi connectivity index (χ1) is 11.9. The van der Waals surface area contributed by atoms with E-state index >= 15 is 0 Å². The van der Waals surface area contributed by atoms with Gasteiger partial charge in [-0.2, -0.15) is 0 Å². The van der Waals surface area contributed by atoms with Crippen molar-refractivity contribution in [3.05, 3.63) is 75.8 Å². The molecule has 1 atom stereocenters. The Morgan fingerprint density at radius 1 is 1.12 bits per heavy atom. The van der Waals surface area contributed by atoms with Crippen molar-refractivity contribution < 1.29 is 28.5 Å². The smallest absolute Gasteiger partial charge is 0.410 e. The fourth-order valence-corrected chi connectivity index (χ4v) is 3.14. The number of carbonyl (C=O) groups is 1. The normalized spacial score (nSPS) is 13.7. The highest BCUT2D eigenvalue weighted by atomic mass is 31.2. The summed E-state index contributed by atoms with van der Waals surface area (Å²) in [5, 5.41) is 22.8. The van der Waals surface area contributed by atoms with Gasteiger partial charge in [0.05, 0.1) is 10.5 Å². The molecule has 2 aromatic rings. The third-order valence-corrected chi connectivity index (χ3v) is 4.90. The van der Waals surface area contributed by atoms with E-state index < -0.39 is 23.9 Å². The molecule has 9 nitrogen and oxygen atoms in total. The van der Waals surface area contributed by atoms with E-state index in [4.69, 9.17) is 9.05 Å². The van der Waals surface area contributed by atoms with Crippen LogP contribution >= 0.6 is 7.60 Å². The Hall–Kier alpha value is -3.03. The number of non-ortho nitro benzene ring substituents is 1. The number of oxime groups is 1. The molecule has 0 saturated carbocycles. The van der Waals surface area contributed by atoms with Crippen molar-refractivity contribution in [1.29, 1.82) is 0 Å². The molecule has 2 rings (SSSR count). The third-order valence-electron chi connectivity index (χ3n) is 3.14. The van der Waals surface area contributed by atoms with Gasteiger partial charge in [-0.1, -0.05) is 35.5 Å². The van der Waals surface area contributed by atoms with Crippen LogP contribution in [-0.2, 0) is 13.6 Å². The van der Waals surface area contributed by atoms with Gasteiger partial charge < -0.3 is 9.73 Å². The van der Waals surface area contributed by atoms with Crippen molar-refractivity contribution in [1.82, 2.24) is 0 Å². The van der Waals surface area contributed by atoms with E-state index in [1.165, 1.54) is 12.1 Å². The fourth-order valence-electron chi connectivity index (χ4n) is 1.91. The molecule has 0 aliphatic heterocycles. The monoisotopic (exact) mass is 364 g/mol. The number of carbonyl (C=O) groups excluding carboxylic acids is 1. The molecule has 130 valence electrons. The van der Waals surface area contributed by atoms with Gasteiger partial charge in [-0.25, -0.2) is 9.36 Å². The molecular weight excluding hydrogens is 351 g/mol. The molecule has 0 radical (unpaired) electrons. The molecule has 10 heteroatoms. The van der Waals surface area contributed by atoms with Gasteiger partial charge in [-0.15, -0.1) is 0 Å². The molecule has 0 heterocycles. The van der Waals surface area contributed by atoms with Gasteiger partial charge in [0.1, 0.15) is 0 Å². The predicted molar refractivity (Wildman–Crippen MR) is 87.9 cm³/mol. The largest absolute Gasteiger partial charge is 0.435 e. The summed E-state index contributed by atoms with van der Waals surface area (Å²) in [5.74, 6) is -1.04. The van der Waals surface area contributed by atoms with Crippen LogP contribution < -0.4 is 0 Å². The number of nitro benzene ring substituents is 1. The van der Waals surface area contributed by atoms with Crippen molar-refractivity contribution in [2.45, 2.75) is 0 Å². The van der Waals surface area contributed by atoms with E-state index in [9.17, 15) is 24.7 Å². The number of hydrogen-bond donors (Lipinski definition) is 1. The maximum absolute atomic E-state index is 12.8. The molecule has 0 fully saturated rings. The van der Waals surface area contributed by atoms with E-state index in [-0.39, 0.29) is 16.8 Å². The second-order valence-electron chi connectivity index (χ2n) is 4.65. The van der Waals surface area contributed by atoms with Crippen molar-refractivity contribution in [2.75, 3.05) is 7.11 Å². The Labute approximate surface area is 142 Å². The average Bonchev–Trinajstić information content (AvgIpc) is 2.63. The Bertz CT molecular complexity index is 850. The Balaban J connectivity index is 2.29. The number of benzene rings is 2. The molecule has 0 aliphatic carbocycles. The highest BCUT2D eigenvalue weighted by Gasteiger charge is 2.37. The van der Waals surface area contributed by atoms with Crippen molar-refractivity contribution in [3.63, 3.8) is 0 Å². The number of rotatable bonds is 6. The van der Waals surface area contributed by atoms with E-state index in [0.717, 1.165) is 31.4 Å². The minimum atomic E-state index is -4.27. The summed E-state index contributed by atoms with van der Waals surface area (Å²) in [5.41, 5.74) is -0.487. The minimum Gasteiger partial charge on any atom is -0.410 e. The third kappa shape index (κ3) is 4.09. The van der Waals surface area contributed by atoms with Crippen LogP contribution in [0.5, 0.6) is 0 Å². The van der Waals surface area contributed by atoms with Gasteiger partial charge in [-0.3, -0.25) is 14.6 Å². The zero-order chi connectivity index (χ0) is 18.4. The average molecular weight is 364 g/mol. The van der Waals surface area contributed by atoms with E-state index in [1.807, 2.05) is 0 Å². The summed E-state index contributed by atoms with van der Waals surface area (Å²) in [7, 11) is -3.23. The van der Waals surface area contributed by atoms with E-state index in [2.05, 4.69) is 5.16 Å². The number of hydrogen-bond acceptors (Lipinski definition) is 8. The number of nitrogens with zero attached hydrogens (tertiary/aromatic N) is 2.